The zero-order chi connectivity index (χ0) is 67.3. The van der Waals surface area contributed by atoms with Crippen molar-refractivity contribution in [2.75, 3.05) is 33.5 Å². The fraction of sp³-hybridized carbons (Fsp3) is 0.425. The van der Waals surface area contributed by atoms with Crippen LogP contribution in [0.4, 0.5) is 0 Å². The minimum atomic E-state index is -2.05. The zero-order valence-corrected chi connectivity index (χ0v) is 53.3. The second-order valence-electron chi connectivity index (χ2n) is 23.6. The Balaban J connectivity index is 1.10. The molecule has 510 valence electrons. The van der Waals surface area contributed by atoms with Crippen molar-refractivity contribution in [2.24, 2.45) is 0 Å². The van der Waals surface area contributed by atoms with Crippen LogP contribution in [-0.2, 0) is 102 Å². The van der Waals surface area contributed by atoms with E-state index in [9.17, 15) is 44.1 Å². The quantitative estimate of drug-likeness (QED) is 0.0159. The van der Waals surface area contributed by atoms with Gasteiger partial charge in [-0.2, -0.15) is 0 Å². The number of hydrogen-bond acceptors (Lipinski definition) is 22. The molecule has 3 N–H and O–H groups in total. The lowest BCUT2D eigenvalue weighted by atomic mass is 9.93. The van der Waals surface area contributed by atoms with E-state index in [4.69, 9.17) is 61.6 Å². The molecule has 0 bridgehead atoms. The summed E-state index contributed by atoms with van der Waals surface area (Å²) in [5.74, 6) is -4.35. The smallest absolute Gasteiger partial charge is 0.338 e. The van der Waals surface area contributed by atoms with Crippen LogP contribution in [0.3, 0.4) is 0 Å². The SMILES string of the molecule is COC(=O)CCCCCO[C@@H]1O[C@H](CO)[C@@H](O)[C@H](O[C@@H]2O[C@H](CO)[C@H](OC(=O)CCC(C)=O)[C@H](O[C@H]3O[C@H](COCc4ccccc4)[C@H](OCc4ccccc4)[C@H](OCc4ccccc4)[C@H]3OCc3ccccc3)[C@H]2OC(=O)c2ccccc2)[C@H]1N1C(=O)c2ccccc2C1=O. The highest BCUT2D eigenvalue weighted by Gasteiger charge is 2.60. The Morgan fingerprint density at radius 2 is 0.948 bits per heavy atom. The van der Waals surface area contributed by atoms with Gasteiger partial charge in [-0.05, 0) is 66.3 Å². The maximum atomic E-state index is 15.0. The number of carbonyl (C=O) groups excluding carboxylic acids is 6. The highest BCUT2D eigenvalue weighted by molar-refractivity contribution is 6.21. The van der Waals surface area contributed by atoms with Crippen LogP contribution in [0.15, 0.2) is 176 Å². The van der Waals surface area contributed by atoms with Gasteiger partial charge in [-0.1, -0.05) is 158 Å². The van der Waals surface area contributed by atoms with Crippen molar-refractivity contribution < 1.29 is 106 Å². The van der Waals surface area contributed by atoms with Gasteiger partial charge in [0.05, 0.1) is 76.5 Å². The summed E-state index contributed by atoms with van der Waals surface area (Å²) in [6.45, 7) is -0.626. The molecule has 3 fully saturated rings. The number of ketones is 1. The number of fused-ring (bicyclic) bond motifs is 1. The molecule has 23 heteroatoms. The second-order valence-corrected chi connectivity index (χ2v) is 23.6. The highest BCUT2D eigenvalue weighted by Crippen LogP contribution is 2.40. The molecule has 0 aromatic heterocycles. The number of amides is 2. The van der Waals surface area contributed by atoms with Crippen LogP contribution in [0.2, 0.25) is 0 Å². The lowest BCUT2D eigenvalue weighted by Crippen LogP contribution is -2.70. The maximum Gasteiger partial charge on any atom is 0.338 e. The Labute approximate surface area is 556 Å². The van der Waals surface area contributed by atoms with E-state index in [1.807, 2.05) is 121 Å². The van der Waals surface area contributed by atoms with E-state index in [0.717, 1.165) is 27.2 Å². The van der Waals surface area contributed by atoms with Gasteiger partial charge in [-0.15, -0.1) is 0 Å². The van der Waals surface area contributed by atoms with Crippen molar-refractivity contribution in [3.8, 4) is 0 Å². The first kappa shape index (κ1) is 70.8. The maximum absolute atomic E-state index is 15.0. The van der Waals surface area contributed by atoms with Crippen LogP contribution >= 0.6 is 0 Å². The third kappa shape index (κ3) is 18.4. The van der Waals surface area contributed by atoms with Crippen LogP contribution in [0.5, 0.6) is 0 Å². The third-order valence-corrected chi connectivity index (χ3v) is 16.9. The number of imide groups is 1. The average molecular weight is 1320 g/mol. The number of methoxy groups -OCH3 is 1. The van der Waals surface area contributed by atoms with Crippen molar-refractivity contribution in [3.63, 3.8) is 0 Å². The van der Waals surface area contributed by atoms with Crippen LogP contribution in [0.1, 0.15) is 98.8 Å². The summed E-state index contributed by atoms with van der Waals surface area (Å²) in [6.07, 6.45) is -21.9. The topological polar surface area (TPSA) is 286 Å². The summed E-state index contributed by atoms with van der Waals surface area (Å²) in [5.41, 5.74) is 3.19. The van der Waals surface area contributed by atoms with E-state index in [1.54, 1.807) is 30.3 Å². The molecule has 0 radical (unpaired) electrons. The van der Waals surface area contributed by atoms with E-state index in [2.05, 4.69) is 0 Å². The first-order chi connectivity index (χ1) is 46.8. The molecule has 10 rings (SSSR count). The highest BCUT2D eigenvalue weighted by atomic mass is 16.8. The summed E-state index contributed by atoms with van der Waals surface area (Å²) < 4.78 is 85.8. The third-order valence-electron chi connectivity index (χ3n) is 16.9. The van der Waals surface area contributed by atoms with Gasteiger partial charge in [0.1, 0.15) is 66.8 Å². The Hall–Kier alpha value is -7.98. The molecule has 2 amide bonds. The minimum absolute atomic E-state index is 0.00563. The number of aliphatic hydroxyl groups is 3. The van der Waals surface area contributed by atoms with Gasteiger partial charge < -0.3 is 81.7 Å². The Morgan fingerprint density at radius 3 is 1.50 bits per heavy atom. The Morgan fingerprint density at radius 1 is 0.458 bits per heavy atom. The number of nitrogens with zero attached hydrogens (tertiary/aromatic N) is 1. The molecule has 96 heavy (non-hydrogen) atoms. The van der Waals surface area contributed by atoms with Crippen molar-refractivity contribution in [3.05, 3.63) is 215 Å². The number of hydrogen-bond donors (Lipinski definition) is 3. The fourth-order valence-corrected chi connectivity index (χ4v) is 11.9. The van der Waals surface area contributed by atoms with Gasteiger partial charge in [0, 0.05) is 19.4 Å². The lowest BCUT2D eigenvalue weighted by molar-refractivity contribution is -0.381. The molecule has 0 unspecified atom stereocenters. The first-order valence-corrected chi connectivity index (χ1v) is 32.2. The van der Waals surface area contributed by atoms with Gasteiger partial charge in [-0.3, -0.25) is 24.1 Å². The van der Waals surface area contributed by atoms with Gasteiger partial charge >= 0.3 is 17.9 Å². The summed E-state index contributed by atoms with van der Waals surface area (Å²) in [7, 11) is 1.29. The van der Waals surface area contributed by atoms with Gasteiger partial charge in [0.25, 0.3) is 11.8 Å². The normalized spacial score (nSPS) is 26.4. The number of aliphatic hydroxyl groups excluding tert-OH is 3. The standard InChI is InChI=1S/C73H81NO22/c1-46(77)36-37-58(79)93-62-55(40-76)91-73(95-63-59(74-68(81)52-33-20-21-34-53(52)69(74)82)71(90-54(39-75)60(63)80)86-38-22-8-19-35-57(78)84-2)67(94-70(83)51-31-17-7-18-32-51)65(62)96-72-66(89-44-50-29-15-6-16-30-50)64(88-43-49-27-13-5-14-28-49)61(87-42-48-25-11-4-12-26-48)56(92-72)45-85-41-47-23-9-3-10-24-47/h3-7,9-18,20-21,23-34,54-56,59-67,71-73,75-76,80H,8,19,22,35-45H2,1-2H3/t54-,55-,56-,59-,60-,61+,62+,63-,64+,65+,66-,67-,71-,72-,73+/m1/s1. The number of carbonyl (C=O) groups is 6. The molecule has 0 saturated carbocycles. The molecule has 4 aliphatic rings. The van der Waals surface area contributed by atoms with Crippen LogP contribution < -0.4 is 0 Å². The number of ether oxygens (including phenoxy) is 13. The van der Waals surface area contributed by atoms with Gasteiger partial charge in [-0.25, -0.2) is 4.79 Å². The molecule has 15 atom stereocenters. The van der Waals surface area contributed by atoms with Crippen LogP contribution in [0, 0.1) is 0 Å². The zero-order valence-electron chi connectivity index (χ0n) is 53.3. The number of Topliss-reactive ketones (excluding diaryl/α,β-unsaturated/α-hetero) is 1. The van der Waals surface area contributed by atoms with Gasteiger partial charge in [0.2, 0.25) is 0 Å². The molecule has 0 aliphatic carbocycles. The predicted molar refractivity (Wildman–Crippen MR) is 340 cm³/mol. The number of benzene rings is 6. The molecule has 6 aromatic carbocycles. The molecule has 3 saturated heterocycles. The largest absolute Gasteiger partial charge is 0.469 e. The molecular weight excluding hydrogens is 1240 g/mol. The van der Waals surface area contributed by atoms with E-state index in [0.29, 0.717) is 19.3 Å². The van der Waals surface area contributed by atoms with E-state index < -0.39 is 141 Å². The second kappa shape index (κ2) is 35.3. The fourth-order valence-electron chi connectivity index (χ4n) is 11.9. The average Bonchev–Trinajstić information content (AvgIpc) is 1.41. The summed E-state index contributed by atoms with van der Waals surface area (Å²) in [6, 6.07) is 49.7. The lowest BCUT2D eigenvalue weighted by Gasteiger charge is -2.51. The minimum Gasteiger partial charge on any atom is -0.469 e. The molecule has 23 nitrogen and oxygen atoms in total. The Kier molecular flexibility index (Phi) is 26.1. The molecule has 0 spiro atoms. The van der Waals surface area contributed by atoms with Crippen LogP contribution in [0.25, 0.3) is 0 Å². The summed E-state index contributed by atoms with van der Waals surface area (Å²) in [4.78, 5) is 84.0. The molecule has 4 aliphatic heterocycles. The summed E-state index contributed by atoms with van der Waals surface area (Å²) in [5, 5.41) is 35.2. The van der Waals surface area contributed by atoms with Crippen molar-refractivity contribution >= 4 is 35.5 Å². The van der Waals surface area contributed by atoms with Crippen LogP contribution in [-0.4, -0.2) is 181 Å². The van der Waals surface area contributed by atoms with Gasteiger partial charge in [0.15, 0.2) is 31.1 Å². The number of esters is 3. The van der Waals surface area contributed by atoms with Crippen molar-refractivity contribution in [1.29, 1.82) is 0 Å². The first-order valence-electron chi connectivity index (χ1n) is 32.2. The molecule has 6 aromatic rings. The van der Waals surface area contributed by atoms with E-state index >= 15 is 0 Å². The molecule has 4 heterocycles. The summed E-state index contributed by atoms with van der Waals surface area (Å²) >= 11 is 0. The molecular formula is C73H81NO22. The van der Waals surface area contributed by atoms with E-state index in [-0.39, 0.29) is 75.0 Å². The Bertz CT molecular complexity index is 3410. The van der Waals surface area contributed by atoms with E-state index in [1.165, 1.54) is 38.3 Å². The van der Waals surface area contributed by atoms with Crippen molar-refractivity contribution in [1.82, 2.24) is 4.90 Å². The van der Waals surface area contributed by atoms with Crippen molar-refractivity contribution in [2.45, 2.75) is 164 Å². The predicted octanol–water partition coefficient (Wildman–Crippen LogP) is 7.17. The monoisotopic (exact) mass is 1320 g/mol. The number of rotatable bonds is 33. The number of unbranched alkanes of at least 4 members (excludes halogenated alkanes) is 2.